The van der Waals surface area contributed by atoms with E-state index in [0.29, 0.717) is 26.2 Å². The number of sulfonamides is 1. The quantitative estimate of drug-likeness (QED) is 0.680. The van der Waals surface area contributed by atoms with Gasteiger partial charge in [0.05, 0.1) is 11.4 Å². The molecule has 3 rings (SSSR count). The second kappa shape index (κ2) is 9.96. The standard InChI is InChI=1S/C20H23F2N3O4S/c21-20(22)29-17-8-6-16(7-9-17)14-23-19(26)15-24-10-12-25(13-11-24)30(27,28)18-4-2-1-3-5-18/h1-9,20H,10-15H2,(H,23,26). The molecule has 1 aliphatic rings. The van der Waals surface area contributed by atoms with Crippen molar-refractivity contribution < 1.29 is 26.7 Å². The Morgan fingerprint density at radius 1 is 1.00 bits per heavy atom. The zero-order valence-corrected chi connectivity index (χ0v) is 17.0. The fourth-order valence-corrected chi connectivity index (χ4v) is 4.56. The summed E-state index contributed by atoms with van der Waals surface area (Å²) in [6, 6.07) is 14.3. The van der Waals surface area contributed by atoms with Gasteiger partial charge in [-0.15, -0.1) is 0 Å². The Balaban J connectivity index is 1.43. The second-order valence-corrected chi connectivity index (χ2v) is 8.73. The van der Waals surface area contributed by atoms with Crippen LogP contribution in [0.15, 0.2) is 59.5 Å². The zero-order chi connectivity index (χ0) is 21.6. The zero-order valence-electron chi connectivity index (χ0n) is 16.2. The second-order valence-electron chi connectivity index (χ2n) is 6.79. The van der Waals surface area contributed by atoms with Crippen molar-refractivity contribution in [3.05, 3.63) is 60.2 Å². The van der Waals surface area contributed by atoms with Gasteiger partial charge in [0, 0.05) is 32.7 Å². The van der Waals surface area contributed by atoms with Gasteiger partial charge in [-0.05, 0) is 29.8 Å². The van der Waals surface area contributed by atoms with Crippen LogP contribution in [0.25, 0.3) is 0 Å². The summed E-state index contributed by atoms with van der Waals surface area (Å²) in [7, 11) is -3.52. The van der Waals surface area contributed by atoms with E-state index in [9.17, 15) is 22.0 Å². The molecule has 0 atom stereocenters. The number of carbonyl (C=O) groups excluding carboxylic acids is 1. The van der Waals surface area contributed by atoms with Gasteiger partial charge in [0.15, 0.2) is 0 Å². The molecule has 0 radical (unpaired) electrons. The molecule has 162 valence electrons. The molecule has 0 aromatic heterocycles. The van der Waals surface area contributed by atoms with Crippen LogP contribution in [-0.2, 0) is 21.4 Å². The summed E-state index contributed by atoms with van der Waals surface area (Å²) in [4.78, 5) is 14.3. The molecule has 2 aromatic rings. The molecule has 0 spiro atoms. The highest BCUT2D eigenvalue weighted by atomic mass is 32.2. The van der Waals surface area contributed by atoms with Crippen LogP contribution in [0.3, 0.4) is 0 Å². The van der Waals surface area contributed by atoms with Gasteiger partial charge in [-0.25, -0.2) is 8.42 Å². The lowest BCUT2D eigenvalue weighted by Gasteiger charge is -2.33. The number of ether oxygens (including phenoxy) is 1. The molecule has 2 aromatic carbocycles. The maximum atomic E-state index is 12.6. The van der Waals surface area contributed by atoms with Crippen molar-refractivity contribution >= 4 is 15.9 Å². The molecule has 0 saturated carbocycles. The SMILES string of the molecule is O=C(CN1CCN(S(=O)(=O)c2ccccc2)CC1)NCc1ccc(OC(F)F)cc1. The van der Waals surface area contributed by atoms with Crippen molar-refractivity contribution in [3.8, 4) is 5.75 Å². The number of nitrogens with zero attached hydrogens (tertiary/aromatic N) is 2. The monoisotopic (exact) mass is 439 g/mol. The molecule has 1 aliphatic heterocycles. The Kier molecular flexibility index (Phi) is 7.35. The van der Waals surface area contributed by atoms with E-state index in [-0.39, 0.29) is 29.6 Å². The summed E-state index contributed by atoms with van der Waals surface area (Å²) in [6.07, 6.45) is 0. The van der Waals surface area contributed by atoms with E-state index in [2.05, 4.69) is 10.1 Å². The number of benzene rings is 2. The smallest absolute Gasteiger partial charge is 0.387 e. The van der Waals surface area contributed by atoms with Crippen molar-refractivity contribution in [2.75, 3.05) is 32.7 Å². The van der Waals surface area contributed by atoms with Crippen molar-refractivity contribution in [1.29, 1.82) is 0 Å². The molecule has 0 aliphatic carbocycles. The molecule has 1 saturated heterocycles. The first-order chi connectivity index (χ1) is 14.3. The number of halogens is 2. The summed E-state index contributed by atoms with van der Waals surface area (Å²) in [6.45, 7) is -0.911. The van der Waals surface area contributed by atoms with Crippen molar-refractivity contribution in [2.24, 2.45) is 0 Å². The minimum Gasteiger partial charge on any atom is -0.435 e. The summed E-state index contributed by atoms with van der Waals surface area (Å²) in [5.41, 5.74) is 0.753. The minimum atomic E-state index is -3.52. The first kappa shape index (κ1) is 22.1. The maximum absolute atomic E-state index is 12.6. The summed E-state index contributed by atoms with van der Waals surface area (Å²) < 4.78 is 55.3. The fourth-order valence-electron chi connectivity index (χ4n) is 3.12. The topological polar surface area (TPSA) is 79.0 Å². The third kappa shape index (κ3) is 5.97. The van der Waals surface area contributed by atoms with E-state index in [1.165, 1.54) is 16.4 Å². The highest BCUT2D eigenvalue weighted by Gasteiger charge is 2.28. The molecule has 30 heavy (non-hydrogen) atoms. The van der Waals surface area contributed by atoms with E-state index < -0.39 is 16.6 Å². The Labute approximate surface area is 174 Å². The number of rotatable bonds is 8. The van der Waals surface area contributed by atoms with Gasteiger partial charge in [0.25, 0.3) is 0 Å². The van der Waals surface area contributed by atoms with Crippen LogP contribution in [0.2, 0.25) is 0 Å². The van der Waals surface area contributed by atoms with E-state index in [0.717, 1.165) is 5.56 Å². The van der Waals surface area contributed by atoms with Gasteiger partial charge in [-0.1, -0.05) is 30.3 Å². The highest BCUT2D eigenvalue weighted by Crippen LogP contribution is 2.17. The Morgan fingerprint density at radius 2 is 1.63 bits per heavy atom. The Morgan fingerprint density at radius 3 is 2.23 bits per heavy atom. The first-order valence-electron chi connectivity index (χ1n) is 9.42. The minimum absolute atomic E-state index is 0.0587. The van der Waals surface area contributed by atoms with Crippen LogP contribution < -0.4 is 10.1 Å². The number of hydrogen-bond donors (Lipinski definition) is 1. The molecule has 0 unspecified atom stereocenters. The van der Waals surface area contributed by atoms with Crippen LogP contribution in [0.4, 0.5) is 8.78 Å². The fraction of sp³-hybridized carbons (Fsp3) is 0.350. The number of alkyl halides is 2. The highest BCUT2D eigenvalue weighted by molar-refractivity contribution is 7.89. The van der Waals surface area contributed by atoms with Gasteiger partial charge >= 0.3 is 6.61 Å². The average Bonchev–Trinajstić information content (AvgIpc) is 2.74. The van der Waals surface area contributed by atoms with Gasteiger partial charge in [-0.2, -0.15) is 13.1 Å². The van der Waals surface area contributed by atoms with Crippen LogP contribution in [0, 0.1) is 0 Å². The predicted molar refractivity (Wildman–Crippen MR) is 107 cm³/mol. The number of hydrogen-bond acceptors (Lipinski definition) is 5. The van der Waals surface area contributed by atoms with E-state index in [4.69, 9.17) is 0 Å². The molecule has 7 nitrogen and oxygen atoms in total. The van der Waals surface area contributed by atoms with Crippen LogP contribution in [0.1, 0.15) is 5.56 Å². The summed E-state index contributed by atoms with van der Waals surface area (Å²) >= 11 is 0. The van der Waals surface area contributed by atoms with Gasteiger partial charge in [-0.3, -0.25) is 9.69 Å². The van der Waals surface area contributed by atoms with Gasteiger partial charge in [0.1, 0.15) is 5.75 Å². The normalized spacial score (nSPS) is 15.8. The number of nitrogens with one attached hydrogen (secondary N) is 1. The summed E-state index contributed by atoms with van der Waals surface area (Å²) in [5.74, 6) is -0.134. The summed E-state index contributed by atoms with van der Waals surface area (Å²) in [5, 5.41) is 2.77. The lowest BCUT2D eigenvalue weighted by atomic mass is 10.2. The third-order valence-corrected chi connectivity index (χ3v) is 6.63. The van der Waals surface area contributed by atoms with E-state index >= 15 is 0 Å². The molecule has 10 heteroatoms. The molecule has 1 heterocycles. The van der Waals surface area contributed by atoms with Crippen LogP contribution in [0.5, 0.6) is 5.75 Å². The molecular weight excluding hydrogens is 416 g/mol. The Bertz CT molecular complexity index is 932. The van der Waals surface area contributed by atoms with Gasteiger partial charge in [0.2, 0.25) is 15.9 Å². The molecule has 0 bridgehead atoms. The van der Waals surface area contributed by atoms with E-state index in [1.807, 2.05) is 4.90 Å². The van der Waals surface area contributed by atoms with Gasteiger partial charge < -0.3 is 10.1 Å². The molecular formula is C20H23F2N3O4S. The lowest BCUT2D eigenvalue weighted by Crippen LogP contribution is -2.50. The predicted octanol–water partition coefficient (Wildman–Crippen LogP) is 1.91. The molecule has 1 N–H and O–H groups in total. The number of amides is 1. The third-order valence-electron chi connectivity index (χ3n) is 4.72. The lowest BCUT2D eigenvalue weighted by molar-refractivity contribution is -0.122. The average molecular weight is 439 g/mol. The van der Waals surface area contributed by atoms with Crippen molar-refractivity contribution in [2.45, 2.75) is 18.1 Å². The maximum Gasteiger partial charge on any atom is 0.387 e. The first-order valence-corrected chi connectivity index (χ1v) is 10.9. The molecule has 1 fully saturated rings. The molecule has 1 amide bonds. The number of carbonyl (C=O) groups is 1. The van der Waals surface area contributed by atoms with E-state index in [1.54, 1.807) is 42.5 Å². The Hall–Kier alpha value is -2.56. The largest absolute Gasteiger partial charge is 0.435 e. The van der Waals surface area contributed by atoms with Crippen LogP contribution >= 0.6 is 0 Å². The van der Waals surface area contributed by atoms with Crippen LogP contribution in [-0.4, -0.2) is 62.9 Å². The number of piperazine rings is 1. The van der Waals surface area contributed by atoms with Crippen molar-refractivity contribution in [1.82, 2.24) is 14.5 Å². The van der Waals surface area contributed by atoms with Crippen molar-refractivity contribution in [3.63, 3.8) is 0 Å².